The first-order valence-electron chi connectivity index (χ1n) is 7.18. The first-order valence-corrected chi connectivity index (χ1v) is 7.18. The number of rotatable bonds is 8. The molecule has 3 heteroatoms. The first kappa shape index (κ1) is 16.0. The maximum Gasteiger partial charge on any atom is 0.123 e. The molecule has 1 aromatic carbocycles. The van der Waals surface area contributed by atoms with Crippen molar-refractivity contribution in [2.24, 2.45) is 0 Å². The molecule has 1 atom stereocenters. The SMILES string of the molecule is CCC(NCC(O)(CC)CC)c1ccccc1OC. The molecule has 0 aromatic heterocycles. The predicted molar refractivity (Wildman–Crippen MR) is 79.6 cm³/mol. The van der Waals surface area contributed by atoms with Crippen LogP contribution < -0.4 is 10.1 Å². The van der Waals surface area contributed by atoms with E-state index in [4.69, 9.17) is 4.74 Å². The van der Waals surface area contributed by atoms with Crippen LogP contribution in [0.15, 0.2) is 24.3 Å². The number of hydrogen-bond acceptors (Lipinski definition) is 3. The van der Waals surface area contributed by atoms with E-state index in [0.717, 1.165) is 30.6 Å². The molecule has 1 unspecified atom stereocenters. The van der Waals surface area contributed by atoms with Gasteiger partial charge in [0, 0.05) is 18.2 Å². The molecule has 0 heterocycles. The molecule has 0 aliphatic carbocycles. The topological polar surface area (TPSA) is 41.5 Å². The Morgan fingerprint density at radius 2 is 1.84 bits per heavy atom. The molecular formula is C16H27NO2. The maximum atomic E-state index is 10.4. The highest BCUT2D eigenvalue weighted by Crippen LogP contribution is 2.27. The van der Waals surface area contributed by atoms with Gasteiger partial charge in [-0.25, -0.2) is 0 Å². The minimum absolute atomic E-state index is 0.209. The summed E-state index contributed by atoms with van der Waals surface area (Å²) in [4.78, 5) is 0. The summed E-state index contributed by atoms with van der Waals surface area (Å²) in [5, 5.41) is 13.8. The Balaban J connectivity index is 2.78. The number of ether oxygens (including phenoxy) is 1. The van der Waals surface area contributed by atoms with Gasteiger partial charge in [0.15, 0.2) is 0 Å². The van der Waals surface area contributed by atoms with Crippen molar-refractivity contribution < 1.29 is 9.84 Å². The Labute approximate surface area is 117 Å². The van der Waals surface area contributed by atoms with Crippen LogP contribution in [0.4, 0.5) is 0 Å². The van der Waals surface area contributed by atoms with Gasteiger partial charge in [-0.15, -0.1) is 0 Å². The van der Waals surface area contributed by atoms with E-state index in [1.54, 1.807) is 7.11 Å². The fourth-order valence-corrected chi connectivity index (χ4v) is 2.24. The van der Waals surface area contributed by atoms with Gasteiger partial charge in [-0.05, 0) is 25.3 Å². The Morgan fingerprint density at radius 1 is 1.21 bits per heavy atom. The van der Waals surface area contributed by atoms with E-state index < -0.39 is 5.60 Å². The standard InChI is InChI=1S/C16H27NO2/c1-5-14(17-12-16(18,6-2)7-3)13-10-8-9-11-15(13)19-4/h8-11,14,17-18H,5-7,12H2,1-4H3. The zero-order chi connectivity index (χ0) is 14.3. The maximum absolute atomic E-state index is 10.4. The number of hydrogen-bond donors (Lipinski definition) is 2. The van der Waals surface area contributed by atoms with Crippen LogP contribution in [-0.2, 0) is 0 Å². The van der Waals surface area contributed by atoms with Crippen molar-refractivity contribution in [1.82, 2.24) is 5.32 Å². The monoisotopic (exact) mass is 265 g/mol. The van der Waals surface area contributed by atoms with Crippen LogP contribution in [0.5, 0.6) is 5.75 Å². The van der Waals surface area contributed by atoms with Crippen LogP contribution >= 0.6 is 0 Å². The van der Waals surface area contributed by atoms with Crippen molar-refractivity contribution in [3.63, 3.8) is 0 Å². The van der Waals surface area contributed by atoms with E-state index in [1.807, 2.05) is 32.0 Å². The van der Waals surface area contributed by atoms with E-state index in [0.29, 0.717) is 6.54 Å². The van der Waals surface area contributed by atoms with Crippen molar-refractivity contribution in [3.8, 4) is 5.75 Å². The second kappa shape index (κ2) is 7.51. The second-order valence-corrected chi connectivity index (χ2v) is 5.02. The van der Waals surface area contributed by atoms with Gasteiger partial charge in [-0.2, -0.15) is 0 Å². The lowest BCUT2D eigenvalue weighted by Gasteiger charge is -2.29. The van der Waals surface area contributed by atoms with Gasteiger partial charge >= 0.3 is 0 Å². The number of benzene rings is 1. The van der Waals surface area contributed by atoms with Crippen LogP contribution in [0.25, 0.3) is 0 Å². The number of aliphatic hydroxyl groups is 1. The third-order valence-corrected chi connectivity index (χ3v) is 3.92. The highest BCUT2D eigenvalue weighted by atomic mass is 16.5. The highest BCUT2D eigenvalue weighted by molar-refractivity contribution is 5.35. The van der Waals surface area contributed by atoms with Crippen LogP contribution in [0.2, 0.25) is 0 Å². The molecule has 0 saturated heterocycles. The van der Waals surface area contributed by atoms with Gasteiger partial charge in [0.2, 0.25) is 0 Å². The van der Waals surface area contributed by atoms with Crippen LogP contribution in [0.1, 0.15) is 51.6 Å². The average Bonchev–Trinajstić information content (AvgIpc) is 2.48. The molecule has 2 N–H and O–H groups in total. The van der Waals surface area contributed by atoms with Gasteiger partial charge in [-0.1, -0.05) is 39.0 Å². The lowest BCUT2D eigenvalue weighted by molar-refractivity contribution is 0.0296. The number of nitrogens with one attached hydrogen (secondary N) is 1. The summed E-state index contributed by atoms with van der Waals surface area (Å²) in [7, 11) is 1.69. The van der Waals surface area contributed by atoms with Crippen LogP contribution in [0.3, 0.4) is 0 Å². The molecule has 0 aliphatic rings. The molecular weight excluding hydrogens is 238 g/mol. The lowest BCUT2D eigenvalue weighted by atomic mass is 9.96. The smallest absolute Gasteiger partial charge is 0.123 e. The van der Waals surface area contributed by atoms with E-state index in [9.17, 15) is 5.11 Å². The largest absolute Gasteiger partial charge is 0.496 e. The van der Waals surface area contributed by atoms with Gasteiger partial charge in [0.05, 0.1) is 12.7 Å². The molecule has 1 aromatic rings. The molecule has 19 heavy (non-hydrogen) atoms. The number of para-hydroxylation sites is 1. The Hall–Kier alpha value is -1.06. The van der Waals surface area contributed by atoms with E-state index >= 15 is 0 Å². The minimum atomic E-state index is -0.616. The summed E-state index contributed by atoms with van der Waals surface area (Å²) in [6.45, 7) is 6.79. The second-order valence-electron chi connectivity index (χ2n) is 5.02. The number of methoxy groups -OCH3 is 1. The van der Waals surface area contributed by atoms with Crippen molar-refractivity contribution >= 4 is 0 Å². The van der Waals surface area contributed by atoms with Gasteiger partial charge < -0.3 is 15.2 Å². The van der Waals surface area contributed by atoms with Crippen molar-refractivity contribution in [1.29, 1.82) is 0 Å². The molecule has 3 nitrogen and oxygen atoms in total. The summed E-state index contributed by atoms with van der Waals surface area (Å²) >= 11 is 0. The molecule has 0 spiro atoms. The highest BCUT2D eigenvalue weighted by Gasteiger charge is 2.24. The molecule has 0 aliphatic heterocycles. The van der Waals surface area contributed by atoms with Crippen molar-refractivity contribution in [3.05, 3.63) is 29.8 Å². The van der Waals surface area contributed by atoms with Crippen molar-refractivity contribution in [2.45, 2.75) is 51.7 Å². The quantitative estimate of drug-likeness (QED) is 0.758. The van der Waals surface area contributed by atoms with E-state index in [-0.39, 0.29) is 6.04 Å². The van der Waals surface area contributed by atoms with Gasteiger partial charge in [0.25, 0.3) is 0 Å². The third-order valence-electron chi connectivity index (χ3n) is 3.92. The lowest BCUT2D eigenvalue weighted by Crippen LogP contribution is -2.40. The Bertz CT molecular complexity index is 375. The summed E-state index contributed by atoms with van der Waals surface area (Å²) in [5.41, 5.74) is 0.539. The summed E-state index contributed by atoms with van der Waals surface area (Å²) in [5.74, 6) is 0.901. The minimum Gasteiger partial charge on any atom is -0.496 e. The third kappa shape index (κ3) is 4.22. The first-order chi connectivity index (χ1) is 9.10. The van der Waals surface area contributed by atoms with Gasteiger partial charge in [-0.3, -0.25) is 0 Å². The van der Waals surface area contributed by atoms with E-state index in [2.05, 4.69) is 18.3 Å². The van der Waals surface area contributed by atoms with Crippen LogP contribution in [0, 0.1) is 0 Å². The zero-order valence-electron chi connectivity index (χ0n) is 12.6. The van der Waals surface area contributed by atoms with E-state index in [1.165, 1.54) is 0 Å². The van der Waals surface area contributed by atoms with Crippen molar-refractivity contribution in [2.75, 3.05) is 13.7 Å². The Kier molecular flexibility index (Phi) is 6.32. The zero-order valence-corrected chi connectivity index (χ0v) is 12.6. The fourth-order valence-electron chi connectivity index (χ4n) is 2.24. The molecule has 0 amide bonds. The molecule has 108 valence electrons. The summed E-state index contributed by atoms with van der Waals surface area (Å²) in [6, 6.07) is 8.26. The fraction of sp³-hybridized carbons (Fsp3) is 0.625. The van der Waals surface area contributed by atoms with Crippen LogP contribution in [-0.4, -0.2) is 24.4 Å². The molecule has 0 fully saturated rings. The molecule has 1 rings (SSSR count). The predicted octanol–water partition coefficient (Wildman–Crippen LogP) is 3.29. The molecule has 0 bridgehead atoms. The molecule has 0 saturated carbocycles. The summed E-state index contributed by atoms with van der Waals surface area (Å²) in [6.07, 6.45) is 2.49. The molecule has 0 radical (unpaired) electrons. The summed E-state index contributed by atoms with van der Waals surface area (Å²) < 4.78 is 5.41. The average molecular weight is 265 g/mol. The Morgan fingerprint density at radius 3 is 2.37 bits per heavy atom. The normalized spacial score (nSPS) is 13.3. The van der Waals surface area contributed by atoms with Gasteiger partial charge in [0.1, 0.15) is 5.75 Å².